The second-order valence-electron chi connectivity index (χ2n) is 6.53. The van der Waals surface area contributed by atoms with Crippen LogP contribution in [0.3, 0.4) is 0 Å². The molecular formula is C22H21N5O3. The number of fused-ring (bicyclic) bond motifs is 1. The normalized spacial score (nSPS) is 10.7. The largest absolute Gasteiger partial charge is 0.490 e. The standard InChI is InChI=1S/C22H21N5O3/c1-3-29-19-9-4-5-10-20(19)30-14-22(28)23-17-8-6-7-16(13-17)18-11-12-21-25-24-15(2)27(21)26-18/h4-13H,3,14H2,1-2H3,(H,23,28). The summed E-state index contributed by atoms with van der Waals surface area (Å²) >= 11 is 0. The number of anilines is 1. The summed E-state index contributed by atoms with van der Waals surface area (Å²) in [5.41, 5.74) is 2.96. The molecule has 4 rings (SSSR count). The first kappa shape index (κ1) is 19.4. The second-order valence-corrected chi connectivity index (χ2v) is 6.53. The molecule has 0 saturated carbocycles. The molecule has 152 valence electrons. The molecule has 2 heterocycles. The van der Waals surface area contributed by atoms with Crippen LogP contribution in [0.2, 0.25) is 0 Å². The molecule has 8 nitrogen and oxygen atoms in total. The van der Waals surface area contributed by atoms with Crippen molar-refractivity contribution in [3.8, 4) is 22.8 Å². The van der Waals surface area contributed by atoms with Gasteiger partial charge in [-0.05, 0) is 50.2 Å². The molecule has 0 bridgehead atoms. The van der Waals surface area contributed by atoms with Crippen LogP contribution in [0.15, 0.2) is 60.7 Å². The van der Waals surface area contributed by atoms with Crippen LogP contribution >= 0.6 is 0 Å². The highest BCUT2D eigenvalue weighted by molar-refractivity contribution is 5.92. The van der Waals surface area contributed by atoms with Crippen LogP contribution in [0.25, 0.3) is 16.9 Å². The summed E-state index contributed by atoms with van der Waals surface area (Å²) in [6.45, 7) is 4.14. The van der Waals surface area contributed by atoms with Crippen molar-refractivity contribution in [1.82, 2.24) is 19.8 Å². The van der Waals surface area contributed by atoms with E-state index in [9.17, 15) is 4.79 Å². The number of amides is 1. The fraction of sp³-hybridized carbons (Fsp3) is 0.182. The van der Waals surface area contributed by atoms with E-state index >= 15 is 0 Å². The number of aromatic nitrogens is 4. The number of carbonyl (C=O) groups excluding carboxylic acids is 1. The Bertz CT molecular complexity index is 1190. The maximum atomic E-state index is 12.4. The highest BCUT2D eigenvalue weighted by Crippen LogP contribution is 2.26. The van der Waals surface area contributed by atoms with Gasteiger partial charge in [-0.2, -0.15) is 9.61 Å². The molecule has 1 amide bonds. The Kier molecular flexibility index (Phi) is 5.56. The summed E-state index contributed by atoms with van der Waals surface area (Å²) in [5, 5.41) is 15.5. The first-order valence-corrected chi connectivity index (χ1v) is 9.58. The third-order valence-electron chi connectivity index (χ3n) is 4.37. The molecule has 0 atom stereocenters. The van der Waals surface area contributed by atoms with E-state index in [4.69, 9.17) is 9.47 Å². The van der Waals surface area contributed by atoms with Crippen molar-refractivity contribution in [3.05, 3.63) is 66.5 Å². The van der Waals surface area contributed by atoms with Crippen molar-refractivity contribution >= 4 is 17.2 Å². The van der Waals surface area contributed by atoms with Gasteiger partial charge in [0.2, 0.25) is 0 Å². The lowest BCUT2D eigenvalue weighted by Crippen LogP contribution is -2.20. The molecule has 0 fully saturated rings. The molecule has 0 spiro atoms. The van der Waals surface area contributed by atoms with Gasteiger partial charge in [-0.3, -0.25) is 4.79 Å². The highest BCUT2D eigenvalue weighted by atomic mass is 16.5. The van der Waals surface area contributed by atoms with Crippen molar-refractivity contribution in [2.75, 3.05) is 18.5 Å². The fourth-order valence-electron chi connectivity index (χ4n) is 2.99. The van der Waals surface area contributed by atoms with E-state index in [0.717, 1.165) is 11.3 Å². The molecule has 2 aromatic carbocycles. The number of para-hydroxylation sites is 2. The topological polar surface area (TPSA) is 90.6 Å². The van der Waals surface area contributed by atoms with Gasteiger partial charge in [0.1, 0.15) is 0 Å². The smallest absolute Gasteiger partial charge is 0.262 e. The maximum Gasteiger partial charge on any atom is 0.262 e. The maximum absolute atomic E-state index is 12.4. The number of hydrogen-bond donors (Lipinski definition) is 1. The molecule has 8 heteroatoms. The minimum atomic E-state index is -0.267. The van der Waals surface area contributed by atoms with Crippen LogP contribution < -0.4 is 14.8 Å². The van der Waals surface area contributed by atoms with Gasteiger partial charge in [-0.25, -0.2) is 0 Å². The SMILES string of the molecule is CCOc1ccccc1OCC(=O)Nc1cccc(-c2ccc3nnc(C)n3n2)c1. The zero-order valence-corrected chi connectivity index (χ0v) is 16.7. The van der Waals surface area contributed by atoms with E-state index in [2.05, 4.69) is 20.6 Å². The van der Waals surface area contributed by atoms with Gasteiger partial charge >= 0.3 is 0 Å². The number of nitrogens with zero attached hydrogens (tertiary/aromatic N) is 4. The minimum absolute atomic E-state index is 0.127. The summed E-state index contributed by atoms with van der Waals surface area (Å²) in [4.78, 5) is 12.4. The van der Waals surface area contributed by atoms with E-state index in [1.807, 2.05) is 68.4 Å². The van der Waals surface area contributed by atoms with Crippen LogP contribution in [-0.2, 0) is 4.79 Å². The zero-order valence-electron chi connectivity index (χ0n) is 16.7. The van der Waals surface area contributed by atoms with Crippen molar-refractivity contribution in [1.29, 1.82) is 0 Å². The molecule has 0 aliphatic rings. The summed E-state index contributed by atoms with van der Waals surface area (Å²) in [6, 6.07) is 18.5. The number of rotatable bonds is 7. The minimum Gasteiger partial charge on any atom is -0.490 e. The predicted octanol–water partition coefficient (Wildman–Crippen LogP) is 3.52. The third kappa shape index (κ3) is 4.22. The lowest BCUT2D eigenvalue weighted by molar-refractivity contribution is -0.118. The van der Waals surface area contributed by atoms with Crippen LogP contribution in [0.4, 0.5) is 5.69 Å². The first-order chi connectivity index (χ1) is 14.6. The molecule has 0 radical (unpaired) electrons. The van der Waals surface area contributed by atoms with Gasteiger partial charge in [-0.15, -0.1) is 10.2 Å². The number of hydrogen-bond acceptors (Lipinski definition) is 6. The Morgan fingerprint density at radius 2 is 1.80 bits per heavy atom. The number of ether oxygens (including phenoxy) is 2. The van der Waals surface area contributed by atoms with Crippen LogP contribution in [0.5, 0.6) is 11.5 Å². The molecule has 0 aliphatic carbocycles. The van der Waals surface area contributed by atoms with Gasteiger partial charge < -0.3 is 14.8 Å². The van der Waals surface area contributed by atoms with E-state index in [-0.39, 0.29) is 12.5 Å². The highest BCUT2D eigenvalue weighted by Gasteiger charge is 2.10. The average molecular weight is 403 g/mol. The third-order valence-corrected chi connectivity index (χ3v) is 4.37. The van der Waals surface area contributed by atoms with Gasteiger partial charge in [0.15, 0.2) is 29.6 Å². The quantitative estimate of drug-likeness (QED) is 0.508. The number of benzene rings is 2. The summed E-state index contributed by atoms with van der Waals surface area (Å²) in [7, 11) is 0. The average Bonchev–Trinajstić information content (AvgIpc) is 3.14. The van der Waals surface area contributed by atoms with E-state index < -0.39 is 0 Å². The Labute approximate surface area is 173 Å². The first-order valence-electron chi connectivity index (χ1n) is 9.58. The lowest BCUT2D eigenvalue weighted by Gasteiger charge is -2.12. The van der Waals surface area contributed by atoms with Crippen molar-refractivity contribution < 1.29 is 14.3 Å². The van der Waals surface area contributed by atoms with Crippen LogP contribution in [-0.4, -0.2) is 38.9 Å². The predicted molar refractivity (Wildman–Crippen MR) is 113 cm³/mol. The molecule has 4 aromatic rings. The Morgan fingerprint density at radius 1 is 1.00 bits per heavy atom. The number of nitrogens with one attached hydrogen (secondary N) is 1. The Morgan fingerprint density at radius 3 is 2.60 bits per heavy atom. The number of carbonyl (C=O) groups is 1. The monoisotopic (exact) mass is 403 g/mol. The van der Waals surface area contributed by atoms with Crippen molar-refractivity contribution in [2.24, 2.45) is 0 Å². The van der Waals surface area contributed by atoms with E-state index in [0.29, 0.717) is 35.3 Å². The number of aryl methyl sites for hydroxylation is 1. The Hall–Kier alpha value is -3.94. The van der Waals surface area contributed by atoms with Gasteiger partial charge in [0.05, 0.1) is 12.3 Å². The van der Waals surface area contributed by atoms with E-state index in [1.54, 1.807) is 10.6 Å². The summed E-state index contributed by atoms with van der Waals surface area (Å²) in [6.07, 6.45) is 0. The summed E-state index contributed by atoms with van der Waals surface area (Å²) < 4.78 is 12.8. The van der Waals surface area contributed by atoms with Crippen LogP contribution in [0.1, 0.15) is 12.7 Å². The van der Waals surface area contributed by atoms with Crippen molar-refractivity contribution in [3.63, 3.8) is 0 Å². The molecular weight excluding hydrogens is 382 g/mol. The molecule has 1 N–H and O–H groups in total. The molecule has 0 unspecified atom stereocenters. The fourth-order valence-corrected chi connectivity index (χ4v) is 2.99. The molecule has 2 aromatic heterocycles. The molecule has 0 saturated heterocycles. The van der Waals surface area contributed by atoms with Crippen LogP contribution in [0, 0.1) is 6.92 Å². The molecule has 0 aliphatic heterocycles. The molecule has 30 heavy (non-hydrogen) atoms. The summed E-state index contributed by atoms with van der Waals surface area (Å²) in [5.74, 6) is 1.59. The lowest BCUT2D eigenvalue weighted by atomic mass is 10.1. The zero-order chi connectivity index (χ0) is 20.9. The van der Waals surface area contributed by atoms with Gasteiger partial charge in [0.25, 0.3) is 5.91 Å². The van der Waals surface area contributed by atoms with Gasteiger partial charge in [-0.1, -0.05) is 24.3 Å². The Balaban J connectivity index is 1.45. The van der Waals surface area contributed by atoms with E-state index in [1.165, 1.54) is 0 Å². The van der Waals surface area contributed by atoms with Crippen molar-refractivity contribution in [2.45, 2.75) is 13.8 Å². The second kappa shape index (κ2) is 8.60. The van der Waals surface area contributed by atoms with Gasteiger partial charge in [0, 0.05) is 11.3 Å².